The Kier molecular flexibility index (Phi) is 46.0. The molecule has 0 heterocycles. The van der Waals surface area contributed by atoms with Crippen LogP contribution in [0.5, 0.6) is 0 Å². The zero-order chi connectivity index (χ0) is 44.4. The number of allylic oxidation sites excluding steroid dienone is 16. The van der Waals surface area contributed by atoms with Crippen LogP contribution in [0.15, 0.2) is 97.2 Å². The second-order valence-corrected chi connectivity index (χ2v) is 16.0. The van der Waals surface area contributed by atoms with Crippen molar-refractivity contribution >= 4 is 17.9 Å². The molecule has 0 fully saturated rings. The van der Waals surface area contributed by atoms with Gasteiger partial charge in [-0.15, -0.1) is 0 Å². The molecule has 1 unspecified atom stereocenters. The first-order valence-corrected chi connectivity index (χ1v) is 24.7. The van der Waals surface area contributed by atoms with Gasteiger partial charge in [0.05, 0.1) is 0 Å². The smallest absolute Gasteiger partial charge is 0.306 e. The van der Waals surface area contributed by atoms with Crippen molar-refractivity contribution in [3.63, 3.8) is 0 Å². The second kappa shape index (κ2) is 49.0. The number of hydrogen-bond donors (Lipinski definition) is 0. The standard InChI is InChI=1S/C55H90O6/c1-4-7-10-13-16-19-21-23-25-26-27-28-30-31-33-36-39-42-45-48-54(57)60-51-52(50-59-53(56)47-44-41-38-35-18-15-12-9-6-3)61-55(58)49-46-43-40-37-34-32-29-24-22-20-17-14-11-8-5-2/h7,10,16-17,19-20,23-25,27-29,31,33,39,42,52H,4-6,8-9,11-15,18,21-22,26,30,32,34-38,40-41,43-51H2,1-3H3/b10-7-,19-16-,20-17-,25-23-,28-27-,29-24-,33-31-,42-39-. The summed E-state index contributed by atoms with van der Waals surface area (Å²) in [6.07, 6.45) is 64.0. The van der Waals surface area contributed by atoms with E-state index in [1.165, 1.54) is 64.2 Å². The molecule has 0 aliphatic carbocycles. The molecular formula is C55H90O6. The lowest BCUT2D eigenvalue weighted by Gasteiger charge is -2.18. The van der Waals surface area contributed by atoms with Gasteiger partial charge in [-0.3, -0.25) is 14.4 Å². The van der Waals surface area contributed by atoms with Gasteiger partial charge in [0.2, 0.25) is 0 Å². The number of carbonyl (C=O) groups is 3. The zero-order valence-electron chi connectivity index (χ0n) is 39.4. The molecule has 0 rings (SSSR count). The van der Waals surface area contributed by atoms with E-state index in [-0.39, 0.29) is 37.5 Å². The van der Waals surface area contributed by atoms with Gasteiger partial charge in [-0.2, -0.15) is 0 Å². The molecule has 0 aromatic rings. The highest BCUT2D eigenvalue weighted by atomic mass is 16.6. The van der Waals surface area contributed by atoms with Crippen LogP contribution in [-0.4, -0.2) is 37.2 Å². The average Bonchev–Trinajstić information content (AvgIpc) is 3.26. The van der Waals surface area contributed by atoms with Crippen LogP contribution < -0.4 is 0 Å². The molecule has 0 N–H and O–H groups in total. The Morgan fingerprint density at radius 2 is 0.672 bits per heavy atom. The van der Waals surface area contributed by atoms with Crippen LogP contribution >= 0.6 is 0 Å². The van der Waals surface area contributed by atoms with Crippen molar-refractivity contribution in [2.24, 2.45) is 0 Å². The molecule has 0 radical (unpaired) electrons. The van der Waals surface area contributed by atoms with Crippen LogP contribution in [0.1, 0.15) is 213 Å². The maximum Gasteiger partial charge on any atom is 0.306 e. The summed E-state index contributed by atoms with van der Waals surface area (Å²) >= 11 is 0. The maximum absolute atomic E-state index is 12.8. The molecule has 0 saturated heterocycles. The summed E-state index contributed by atoms with van der Waals surface area (Å²) in [4.78, 5) is 37.8. The Morgan fingerprint density at radius 3 is 1.13 bits per heavy atom. The Bertz CT molecular complexity index is 1250. The lowest BCUT2D eigenvalue weighted by molar-refractivity contribution is -0.166. The minimum absolute atomic E-state index is 0.107. The largest absolute Gasteiger partial charge is 0.462 e. The van der Waals surface area contributed by atoms with Gasteiger partial charge in [0.25, 0.3) is 0 Å². The highest BCUT2D eigenvalue weighted by Crippen LogP contribution is 2.13. The number of rotatable bonds is 43. The number of carbonyl (C=O) groups excluding carboxylic acids is 3. The van der Waals surface area contributed by atoms with E-state index in [0.29, 0.717) is 19.3 Å². The topological polar surface area (TPSA) is 78.9 Å². The van der Waals surface area contributed by atoms with E-state index in [2.05, 4.69) is 106 Å². The average molecular weight is 847 g/mol. The van der Waals surface area contributed by atoms with E-state index in [1.54, 1.807) is 0 Å². The van der Waals surface area contributed by atoms with Crippen LogP contribution in [0.3, 0.4) is 0 Å². The van der Waals surface area contributed by atoms with Crippen LogP contribution in [0.4, 0.5) is 0 Å². The summed E-state index contributed by atoms with van der Waals surface area (Å²) in [6.45, 7) is 6.38. The third kappa shape index (κ3) is 47.2. The van der Waals surface area contributed by atoms with Gasteiger partial charge in [-0.05, 0) is 89.9 Å². The number of unbranched alkanes of at least 4 members (excludes halogenated alkanes) is 16. The molecule has 0 amide bonds. The van der Waals surface area contributed by atoms with E-state index in [9.17, 15) is 14.4 Å². The molecule has 6 nitrogen and oxygen atoms in total. The Hall–Kier alpha value is -3.67. The van der Waals surface area contributed by atoms with Gasteiger partial charge >= 0.3 is 17.9 Å². The first-order valence-electron chi connectivity index (χ1n) is 24.7. The minimum Gasteiger partial charge on any atom is -0.462 e. The van der Waals surface area contributed by atoms with Crippen molar-refractivity contribution in [3.05, 3.63) is 97.2 Å². The van der Waals surface area contributed by atoms with Crippen LogP contribution in [0.25, 0.3) is 0 Å². The SMILES string of the molecule is CC/C=C\C/C=C\C/C=C\C/C=C\C/C=C\C/C=C\CCC(=O)OCC(COC(=O)CCCCCCCCCCC)OC(=O)CCCCCCC/C=C\C/C=C\CCCCC. The van der Waals surface area contributed by atoms with Gasteiger partial charge in [0, 0.05) is 19.3 Å². The van der Waals surface area contributed by atoms with Gasteiger partial charge in [0.1, 0.15) is 13.2 Å². The van der Waals surface area contributed by atoms with Gasteiger partial charge in [-0.1, -0.05) is 201 Å². The molecule has 1 atom stereocenters. The van der Waals surface area contributed by atoms with Crippen molar-refractivity contribution in [3.8, 4) is 0 Å². The van der Waals surface area contributed by atoms with Crippen molar-refractivity contribution in [2.75, 3.05) is 13.2 Å². The Morgan fingerprint density at radius 1 is 0.344 bits per heavy atom. The molecule has 0 aromatic carbocycles. The van der Waals surface area contributed by atoms with Gasteiger partial charge in [-0.25, -0.2) is 0 Å². The third-order valence-electron chi connectivity index (χ3n) is 10.1. The van der Waals surface area contributed by atoms with Gasteiger partial charge in [0.15, 0.2) is 6.10 Å². The molecule has 0 aliphatic rings. The van der Waals surface area contributed by atoms with Crippen molar-refractivity contribution in [1.29, 1.82) is 0 Å². The zero-order valence-corrected chi connectivity index (χ0v) is 39.4. The van der Waals surface area contributed by atoms with E-state index in [4.69, 9.17) is 14.2 Å². The predicted octanol–water partition coefficient (Wildman–Crippen LogP) is 16.2. The van der Waals surface area contributed by atoms with E-state index in [0.717, 1.165) is 103 Å². The number of esters is 3. The van der Waals surface area contributed by atoms with E-state index < -0.39 is 6.10 Å². The first kappa shape index (κ1) is 57.3. The monoisotopic (exact) mass is 847 g/mol. The molecule has 6 heteroatoms. The Labute approximate surface area is 375 Å². The summed E-state index contributed by atoms with van der Waals surface area (Å²) in [5, 5.41) is 0. The molecule has 0 aliphatic heterocycles. The van der Waals surface area contributed by atoms with Crippen LogP contribution in [-0.2, 0) is 28.6 Å². The molecule has 0 spiro atoms. The highest BCUT2D eigenvalue weighted by Gasteiger charge is 2.19. The fourth-order valence-electron chi connectivity index (χ4n) is 6.38. The maximum atomic E-state index is 12.8. The normalized spacial score (nSPS) is 12.9. The van der Waals surface area contributed by atoms with Gasteiger partial charge < -0.3 is 14.2 Å². The lowest BCUT2D eigenvalue weighted by atomic mass is 10.1. The molecule has 0 bridgehead atoms. The summed E-state index contributed by atoms with van der Waals surface area (Å²) in [6, 6.07) is 0. The summed E-state index contributed by atoms with van der Waals surface area (Å²) in [5.41, 5.74) is 0. The fraction of sp³-hybridized carbons (Fsp3) is 0.655. The Balaban J connectivity index is 4.49. The van der Waals surface area contributed by atoms with Crippen molar-refractivity contribution < 1.29 is 28.6 Å². The van der Waals surface area contributed by atoms with E-state index >= 15 is 0 Å². The lowest BCUT2D eigenvalue weighted by Crippen LogP contribution is -2.30. The fourth-order valence-corrected chi connectivity index (χ4v) is 6.38. The number of ether oxygens (including phenoxy) is 3. The molecule has 346 valence electrons. The second-order valence-electron chi connectivity index (χ2n) is 16.0. The van der Waals surface area contributed by atoms with Crippen LogP contribution in [0.2, 0.25) is 0 Å². The predicted molar refractivity (Wildman–Crippen MR) is 260 cm³/mol. The summed E-state index contributed by atoms with van der Waals surface area (Å²) in [7, 11) is 0. The number of hydrogen-bond acceptors (Lipinski definition) is 6. The molecular weight excluding hydrogens is 757 g/mol. The molecule has 0 saturated carbocycles. The summed E-state index contributed by atoms with van der Waals surface area (Å²) in [5.74, 6) is -1.02. The minimum atomic E-state index is -0.813. The van der Waals surface area contributed by atoms with E-state index in [1.807, 2.05) is 12.2 Å². The highest BCUT2D eigenvalue weighted by molar-refractivity contribution is 5.71. The van der Waals surface area contributed by atoms with Crippen LogP contribution in [0, 0.1) is 0 Å². The van der Waals surface area contributed by atoms with Crippen molar-refractivity contribution in [1.82, 2.24) is 0 Å². The van der Waals surface area contributed by atoms with Crippen molar-refractivity contribution in [2.45, 2.75) is 219 Å². The first-order chi connectivity index (χ1) is 30.0. The third-order valence-corrected chi connectivity index (χ3v) is 10.1. The molecule has 0 aromatic heterocycles. The summed E-state index contributed by atoms with van der Waals surface area (Å²) < 4.78 is 16.7. The molecule has 61 heavy (non-hydrogen) atoms. The quantitative estimate of drug-likeness (QED) is 0.0263.